The van der Waals surface area contributed by atoms with E-state index < -0.39 is 6.04 Å². The van der Waals surface area contributed by atoms with Crippen molar-refractivity contribution in [3.05, 3.63) is 71.3 Å². The summed E-state index contributed by atoms with van der Waals surface area (Å²) < 4.78 is 0. The molecule has 2 aromatic carbocycles. The molecule has 5 nitrogen and oxygen atoms in total. The summed E-state index contributed by atoms with van der Waals surface area (Å²) in [4.78, 5) is 43.8. The van der Waals surface area contributed by atoms with Crippen molar-refractivity contribution >= 4 is 17.7 Å². The van der Waals surface area contributed by atoms with E-state index in [0.29, 0.717) is 24.1 Å². The highest BCUT2D eigenvalue weighted by Crippen LogP contribution is 2.52. The van der Waals surface area contributed by atoms with Gasteiger partial charge in [0.25, 0.3) is 11.8 Å². The third-order valence-corrected chi connectivity index (χ3v) is 7.39. The zero-order chi connectivity index (χ0) is 22.7. The average Bonchev–Trinajstić information content (AvgIpc) is 3.15. The maximum atomic E-state index is 14.1. The third kappa shape index (κ3) is 3.44. The lowest BCUT2D eigenvalue weighted by molar-refractivity contribution is -0.136. The van der Waals surface area contributed by atoms with Crippen molar-refractivity contribution in [3.8, 4) is 0 Å². The fourth-order valence-electron chi connectivity index (χ4n) is 6.53. The van der Waals surface area contributed by atoms with Crippen LogP contribution in [0.4, 0.5) is 0 Å². The van der Waals surface area contributed by atoms with E-state index in [1.807, 2.05) is 35.2 Å². The molecule has 2 aliphatic heterocycles. The maximum absolute atomic E-state index is 14.1. The zero-order valence-corrected chi connectivity index (χ0v) is 19.0. The monoisotopic (exact) mass is 430 g/mol. The number of hydrogen-bond donors (Lipinski definition) is 0. The molecule has 5 heteroatoms. The molecular weight excluding hydrogens is 400 g/mol. The van der Waals surface area contributed by atoms with E-state index in [1.165, 1.54) is 4.90 Å². The van der Waals surface area contributed by atoms with Crippen LogP contribution < -0.4 is 0 Å². The molecular formula is C27H30N2O3. The molecule has 32 heavy (non-hydrogen) atoms. The largest absolute Gasteiger partial charge is 0.337 e. The van der Waals surface area contributed by atoms with Crippen LogP contribution in [-0.4, -0.2) is 46.1 Å². The lowest BCUT2D eigenvalue weighted by atomic mass is 9.65. The van der Waals surface area contributed by atoms with Gasteiger partial charge in [0.05, 0.1) is 11.1 Å². The first-order valence-corrected chi connectivity index (χ1v) is 11.5. The average molecular weight is 431 g/mol. The van der Waals surface area contributed by atoms with Crippen molar-refractivity contribution in [3.63, 3.8) is 0 Å². The highest BCUT2D eigenvalue weighted by molar-refractivity contribution is 6.22. The van der Waals surface area contributed by atoms with Gasteiger partial charge < -0.3 is 4.90 Å². The minimum absolute atomic E-state index is 0.0847. The molecule has 0 N–H and O–H groups in total. The van der Waals surface area contributed by atoms with Crippen LogP contribution in [0.5, 0.6) is 0 Å². The van der Waals surface area contributed by atoms with Crippen LogP contribution in [0.15, 0.2) is 54.6 Å². The SMILES string of the molecule is CC1(C)C[C@H]2C[C@](C)(CN2C(=O)[C@@H](Cc2ccccc2)N2C(=O)c3ccccc3C2=O)C1. The fourth-order valence-corrected chi connectivity index (χ4v) is 6.53. The molecule has 5 rings (SSSR count). The Labute approximate surface area is 189 Å². The standard InChI is InChI=1S/C27H30N2O3/c1-26(2)14-19-15-27(3,16-26)17-28(19)25(32)22(13-18-9-5-4-6-10-18)29-23(30)20-11-7-8-12-21(20)24(29)31/h4-12,19,22H,13-17H2,1-3H3/t19-,22+,27-/m0/s1. The van der Waals surface area contributed by atoms with Crippen molar-refractivity contribution in [1.29, 1.82) is 0 Å². The van der Waals surface area contributed by atoms with Crippen LogP contribution in [0.3, 0.4) is 0 Å². The van der Waals surface area contributed by atoms with Crippen molar-refractivity contribution in [2.45, 2.75) is 58.5 Å². The molecule has 2 aromatic rings. The van der Waals surface area contributed by atoms with E-state index in [2.05, 4.69) is 20.8 Å². The van der Waals surface area contributed by atoms with Crippen LogP contribution in [0.25, 0.3) is 0 Å². The maximum Gasteiger partial charge on any atom is 0.262 e. The second-order valence-electron chi connectivity index (χ2n) is 10.9. The summed E-state index contributed by atoms with van der Waals surface area (Å²) in [6.45, 7) is 7.50. The number of carbonyl (C=O) groups excluding carboxylic acids is 3. The summed E-state index contributed by atoms with van der Waals surface area (Å²) in [6, 6.07) is 15.9. The summed E-state index contributed by atoms with van der Waals surface area (Å²) in [6.07, 6.45) is 3.35. The van der Waals surface area contributed by atoms with Crippen molar-refractivity contribution in [1.82, 2.24) is 9.80 Å². The van der Waals surface area contributed by atoms with Crippen LogP contribution in [0, 0.1) is 10.8 Å². The highest BCUT2D eigenvalue weighted by atomic mass is 16.2. The Morgan fingerprint density at radius 2 is 1.53 bits per heavy atom. The number of amides is 3. The van der Waals surface area contributed by atoms with Gasteiger partial charge in [0, 0.05) is 19.0 Å². The van der Waals surface area contributed by atoms with E-state index in [0.717, 1.165) is 24.8 Å². The first kappa shape index (κ1) is 20.9. The normalized spacial score (nSPS) is 26.9. The molecule has 0 spiro atoms. The number of imide groups is 1. The molecule has 3 amide bonds. The number of rotatable bonds is 4. The Morgan fingerprint density at radius 1 is 0.938 bits per heavy atom. The van der Waals surface area contributed by atoms with Crippen LogP contribution >= 0.6 is 0 Å². The Balaban J connectivity index is 1.51. The first-order valence-electron chi connectivity index (χ1n) is 11.5. The highest BCUT2D eigenvalue weighted by Gasteiger charge is 2.53. The molecule has 1 aliphatic carbocycles. The van der Waals surface area contributed by atoms with E-state index in [4.69, 9.17) is 0 Å². The van der Waals surface area contributed by atoms with Crippen LogP contribution in [0.2, 0.25) is 0 Å². The van der Waals surface area contributed by atoms with E-state index >= 15 is 0 Å². The molecule has 1 saturated carbocycles. The van der Waals surface area contributed by atoms with Gasteiger partial charge in [-0.1, -0.05) is 63.2 Å². The van der Waals surface area contributed by atoms with Gasteiger partial charge in [-0.2, -0.15) is 0 Å². The van der Waals surface area contributed by atoms with Gasteiger partial charge in [0.2, 0.25) is 5.91 Å². The topological polar surface area (TPSA) is 57.7 Å². The number of nitrogens with zero attached hydrogens (tertiary/aromatic N) is 2. The Bertz CT molecular complexity index is 1060. The van der Waals surface area contributed by atoms with Crippen molar-refractivity contribution < 1.29 is 14.4 Å². The molecule has 3 aliphatic rings. The smallest absolute Gasteiger partial charge is 0.262 e. The summed E-state index contributed by atoms with van der Waals surface area (Å²) in [7, 11) is 0. The molecule has 2 bridgehead atoms. The fraction of sp³-hybridized carbons (Fsp3) is 0.444. The summed E-state index contributed by atoms with van der Waals surface area (Å²) >= 11 is 0. The minimum Gasteiger partial charge on any atom is -0.337 e. The summed E-state index contributed by atoms with van der Waals surface area (Å²) in [5, 5.41) is 0. The quantitative estimate of drug-likeness (QED) is 0.679. The van der Waals surface area contributed by atoms with E-state index in [-0.39, 0.29) is 34.6 Å². The Kier molecular flexibility index (Phi) is 4.77. The van der Waals surface area contributed by atoms with Gasteiger partial charge >= 0.3 is 0 Å². The second kappa shape index (κ2) is 7.29. The predicted octanol–water partition coefficient (Wildman–Crippen LogP) is 4.32. The van der Waals surface area contributed by atoms with Crippen molar-refractivity contribution in [2.75, 3.05) is 6.54 Å². The number of likely N-dealkylation sites (tertiary alicyclic amines) is 1. The van der Waals surface area contributed by atoms with Crippen LogP contribution in [-0.2, 0) is 11.2 Å². The molecule has 2 fully saturated rings. The van der Waals surface area contributed by atoms with Gasteiger partial charge in [0.15, 0.2) is 0 Å². The van der Waals surface area contributed by atoms with Gasteiger partial charge in [-0.25, -0.2) is 0 Å². The first-order chi connectivity index (χ1) is 15.2. The molecule has 0 unspecified atom stereocenters. The third-order valence-electron chi connectivity index (χ3n) is 7.39. The summed E-state index contributed by atoms with van der Waals surface area (Å²) in [5.41, 5.74) is 1.97. The predicted molar refractivity (Wildman–Crippen MR) is 122 cm³/mol. The van der Waals surface area contributed by atoms with Gasteiger partial charge in [-0.15, -0.1) is 0 Å². The summed E-state index contributed by atoms with van der Waals surface area (Å²) in [5.74, 6) is -0.836. The van der Waals surface area contributed by atoms with E-state index in [9.17, 15) is 14.4 Å². The molecule has 0 aromatic heterocycles. The molecule has 2 heterocycles. The molecule has 0 radical (unpaired) electrons. The Morgan fingerprint density at radius 3 is 2.16 bits per heavy atom. The Hall–Kier alpha value is -2.95. The van der Waals surface area contributed by atoms with E-state index in [1.54, 1.807) is 24.3 Å². The van der Waals surface area contributed by atoms with Gasteiger partial charge in [-0.3, -0.25) is 19.3 Å². The minimum atomic E-state index is -0.837. The lowest BCUT2D eigenvalue weighted by Crippen LogP contribution is -2.53. The molecule has 1 saturated heterocycles. The zero-order valence-electron chi connectivity index (χ0n) is 19.0. The van der Waals surface area contributed by atoms with Gasteiger partial charge in [0.1, 0.15) is 6.04 Å². The number of carbonyl (C=O) groups is 3. The molecule has 166 valence electrons. The number of hydrogen-bond acceptors (Lipinski definition) is 3. The lowest BCUT2D eigenvalue weighted by Gasteiger charge is -2.39. The van der Waals surface area contributed by atoms with Crippen LogP contribution in [0.1, 0.15) is 66.3 Å². The number of benzene rings is 2. The van der Waals surface area contributed by atoms with Gasteiger partial charge in [-0.05, 0) is 47.8 Å². The van der Waals surface area contributed by atoms with Crippen molar-refractivity contribution in [2.24, 2.45) is 10.8 Å². The molecule has 3 atom stereocenters. The number of fused-ring (bicyclic) bond motifs is 3. The second-order valence-corrected chi connectivity index (χ2v) is 10.9.